The highest BCUT2D eigenvalue weighted by molar-refractivity contribution is 5.80. The van der Waals surface area contributed by atoms with Crippen LogP contribution in [0.2, 0.25) is 0 Å². The molecule has 3 heterocycles. The summed E-state index contributed by atoms with van der Waals surface area (Å²) in [5.41, 5.74) is 1.07. The van der Waals surface area contributed by atoms with Gasteiger partial charge in [0.1, 0.15) is 13.2 Å². The third kappa shape index (κ3) is 5.00. The van der Waals surface area contributed by atoms with Crippen molar-refractivity contribution < 1.29 is 9.47 Å². The van der Waals surface area contributed by atoms with E-state index in [-0.39, 0.29) is 5.41 Å². The molecule has 2 aliphatic heterocycles. The van der Waals surface area contributed by atoms with Crippen LogP contribution in [0.1, 0.15) is 26.3 Å². The molecule has 0 unspecified atom stereocenters. The molecule has 1 N–H and O–H groups in total. The molecule has 31 heavy (non-hydrogen) atoms. The van der Waals surface area contributed by atoms with Crippen molar-refractivity contribution in [2.75, 3.05) is 57.4 Å². The van der Waals surface area contributed by atoms with Crippen molar-refractivity contribution >= 4 is 11.9 Å². The Morgan fingerprint density at radius 3 is 2.48 bits per heavy atom. The highest BCUT2D eigenvalue weighted by Gasteiger charge is 2.25. The SMILES string of the molecule is CCNC(=NCC(C)(C)c1ccc2c(c1)OCCO2)N1CCN(c2ncccn2)CC1. The van der Waals surface area contributed by atoms with Gasteiger partial charge in [-0.1, -0.05) is 19.9 Å². The van der Waals surface area contributed by atoms with Crippen LogP contribution in [-0.2, 0) is 5.41 Å². The summed E-state index contributed by atoms with van der Waals surface area (Å²) in [6.45, 7) is 12.8. The number of guanidine groups is 1. The summed E-state index contributed by atoms with van der Waals surface area (Å²) >= 11 is 0. The molecule has 0 spiro atoms. The Morgan fingerprint density at radius 2 is 1.77 bits per heavy atom. The molecular formula is C23H32N6O2. The Balaban J connectivity index is 1.42. The number of hydrogen-bond donors (Lipinski definition) is 1. The highest BCUT2D eigenvalue weighted by atomic mass is 16.6. The molecule has 166 valence electrons. The molecule has 1 aromatic heterocycles. The number of ether oxygens (including phenoxy) is 2. The van der Waals surface area contributed by atoms with E-state index in [1.165, 1.54) is 5.56 Å². The van der Waals surface area contributed by atoms with Gasteiger partial charge in [-0.05, 0) is 30.7 Å². The maximum absolute atomic E-state index is 5.77. The van der Waals surface area contributed by atoms with Gasteiger partial charge in [-0.25, -0.2) is 9.97 Å². The first-order chi connectivity index (χ1) is 15.1. The lowest BCUT2D eigenvalue weighted by molar-refractivity contribution is 0.171. The van der Waals surface area contributed by atoms with Gasteiger partial charge in [-0.15, -0.1) is 0 Å². The minimum absolute atomic E-state index is 0.129. The lowest BCUT2D eigenvalue weighted by atomic mass is 9.84. The van der Waals surface area contributed by atoms with Gasteiger partial charge in [0.15, 0.2) is 17.5 Å². The summed E-state index contributed by atoms with van der Waals surface area (Å²) in [4.78, 5) is 18.3. The van der Waals surface area contributed by atoms with Crippen molar-refractivity contribution in [3.8, 4) is 11.5 Å². The number of nitrogens with zero attached hydrogens (tertiary/aromatic N) is 5. The summed E-state index contributed by atoms with van der Waals surface area (Å²) in [5.74, 6) is 3.40. The number of anilines is 1. The van der Waals surface area contributed by atoms with E-state index in [9.17, 15) is 0 Å². The van der Waals surface area contributed by atoms with Gasteiger partial charge >= 0.3 is 0 Å². The molecule has 0 amide bonds. The lowest BCUT2D eigenvalue weighted by Crippen LogP contribution is -2.53. The Bertz CT molecular complexity index is 894. The molecule has 0 atom stereocenters. The second-order valence-corrected chi connectivity index (χ2v) is 8.44. The van der Waals surface area contributed by atoms with Crippen molar-refractivity contribution in [3.63, 3.8) is 0 Å². The topological polar surface area (TPSA) is 75.1 Å². The van der Waals surface area contributed by atoms with Crippen LogP contribution in [0.5, 0.6) is 11.5 Å². The fraction of sp³-hybridized carbons (Fsp3) is 0.522. The van der Waals surface area contributed by atoms with Crippen LogP contribution < -0.4 is 19.7 Å². The zero-order valence-corrected chi connectivity index (χ0v) is 18.7. The van der Waals surface area contributed by atoms with Gasteiger partial charge in [0, 0.05) is 50.5 Å². The van der Waals surface area contributed by atoms with Crippen molar-refractivity contribution in [3.05, 3.63) is 42.2 Å². The monoisotopic (exact) mass is 424 g/mol. The van der Waals surface area contributed by atoms with Crippen LogP contribution in [-0.4, -0.2) is 73.3 Å². The first-order valence-corrected chi connectivity index (χ1v) is 11.0. The molecule has 1 saturated heterocycles. The number of nitrogens with one attached hydrogen (secondary N) is 1. The molecule has 0 saturated carbocycles. The summed E-state index contributed by atoms with van der Waals surface area (Å²) in [6.07, 6.45) is 3.58. The van der Waals surface area contributed by atoms with E-state index < -0.39 is 0 Å². The zero-order valence-electron chi connectivity index (χ0n) is 18.7. The Kier molecular flexibility index (Phi) is 6.44. The normalized spacial score (nSPS) is 16.9. The quantitative estimate of drug-likeness (QED) is 0.583. The predicted molar refractivity (Wildman–Crippen MR) is 122 cm³/mol. The molecule has 8 heteroatoms. The van der Waals surface area contributed by atoms with E-state index in [1.54, 1.807) is 12.4 Å². The molecule has 0 radical (unpaired) electrons. The molecular weight excluding hydrogens is 392 g/mol. The van der Waals surface area contributed by atoms with Gasteiger partial charge in [0.2, 0.25) is 5.95 Å². The van der Waals surface area contributed by atoms with E-state index >= 15 is 0 Å². The standard InChI is InChI=1S/C23H32N6O2/c1-4-24-21(28-10-12-29(13-11-28)22-25-8-5-9-26-22)27-17-23(2,3)18-6-7-19-20(16-18)31-15-14-30-19/h5-9,16H,4,10-15,17H2,1-3H3,(H,24,27). The Labute approximate surface area is 184 Å². The van der Waals surface area contributed by atoms with Crippen molar-refractivity contribution in [2.24, 2.45) is 4.99 Å². The van der Waals surface area contributed by atoms with Gasteiger partial charge < -0.3 is 24.6 Å². The second kappa shape index (κ2) is 9.41. The summed E-state index contributed by atoms with van der Waals surface area (Å²) < 4.78 is 11.4. The fourth-order valence-electron chi connectivity index (χ4n) is 3.83. The molecule has 2 aromatic rings. The zero-order chi connectivity index (χ0) is 21.7. The second-order valence-electron chi connectivity index (χ2n) is 8.44. The maximum Gasteiger partial charge on any atom is 0.225 e. The number of hydrogen-bond acceptors (Lipinski definition) is 6. The van der Waals surface area contributed by atoms with Crippen LogP contribution in [0.3, 0.4) is 0 Å². The minimum atomic E-state index is -0.129. The molecule has 1 fully saturated rings. The number of benzene rings is 1. The Morgan fingerprint density at radius 1 is 1.06 bits per heavy atom. The van der Waals surface area contributed by atoms with Gasteiger partial charge in [0.25, 0.3) is 0 Å². The van der Waals surface area contributed by atoms with Gasteiger partial charge in [-0.2, -0.15) is 0 Å². The van der Waals surface area contributed by atoms with Gasteiger partial charge in [0.05, 0.1) is 6.54 Å². The van der Waals surface area contributed by atoms with E-state index in [0.717, 1.165) is 56.1 Å². The average molecular weight is 425 g/mol. The van der Waals surface area contributed by atoms with Crippen LogP contribution in [0.4, 0.5) is 5.95 Å². The first kappa shape index (κ1) is 21.2. The largest absolute Gasteiger partial charge is 0.486 e. The van der Waals surface area contributed by atoms with Crippen LogP contribution in [0, 0.1) is 0 Å². The fourth-order valence-corrected chi connectivity index (χ4v) is 3.83. The molecule has 2 aliphatic rings. The molecule has 0 bridgehead atoms. The first-order valence-electron chi connectivity index (χ1n) is 11.0. The lowest BCUT2D eigenvalue weighted by Gasteiger charge is -2.37. The third-order valence-electron chi connectivity index (χ3n) is 5.70. The van der Waals surface area contributed by atoms with E-state index in [4.69, 9.17) is 14.5 Å². The Hall–Kier alpha value is -3.03. The van der Waals surface area contributed by atoms with Crippen molar-refractivity contribution in [2.45, 2.75) is 26.2 Å². The highest BCUT2D eigenvalue weighted by Crippen LogP contribution is 2.35. The number of aliphatic imine (C=N–C) groups is 1. The molecule has 4 rings (SSSR count). The minimum Gasteiger partial charge on any atom is -0.486 e. The number of aromatic nitrogens is 2. The van der Waals surface area contributed by atoms with Gasteiger partial charge in [-0.3, -0.25) is 4.99 Å². The number of piperazine rings is 1. The molecule has 1 aromatic carbocycles. The van der Waals surface area contributed by atoms with Crippen LogP contribution in [0.25, 0.3) is 0 Å². The van der Waals surface area contributed by atoms with Crippen molar-refractivity contribution in [1.82, 2.24) is 20.2 Å². The number of fused-ring (bicyclic) bond motifs is 1. The third-order valence-corrected chi connectivity index (χ3v) is 5.70. The smallest absolute Gasteiger partial charge is 0.225 e. The number of rotatable bonds is 5. The van der Waals surface area contributed by atoms with E-state index in [0.29, 0.717) is 19.8 Å². The summed E-state index contributed by atoms with van der Waals surface area (Å²) in [7, 11) is 0. The average Bonchev–Trinajstić information content (AvgIpc) is 2.82. The summed E-state index contributed by atoms with van der Waals surface area (Å²) in [6, 6.07) is 8.06. The van der Waals surface area contributed by atoms with E-state index in [1.807, 2.05) is 12.1 Å². The van der Waals surface area contributed by atoms with Crippen LogP contribution >= 0.6 is 0 Å². The maximum atomic E-state index is 5.77. The summed E-state index contributed by atoms with van der Waals surface area (Å²) in [5, 5.41) is 3.46. The van der Waals surface area contributed by atoms with Crippen molar-refractivity contribution in [1.29, 1.82) is 0 Å². The predicted octanol–water partition coefficient (Wildman–Crippen LogP) is 2.31. The van der Waals surface area contributed by atoms with E-state index in [2.05, 4.69) is 58.0 Å². The molecule has 8 nitrogen and oxygen atoms in total. The molecule has 0 aliphatic carbocycles. The van der Waals surface area contributed by atoms with Crippen LogP contribution in [0.15, 0.2) is 41.7 Å².